The van der Waals surface area contributed by atoms with Crippen LogP contribution < -0.4 is 0 Å². The fraction of sp³-hybridized carbons (Fsp3) is 0. The van der Waals surface area contributed by atoms with Gasteiger partial charge in [0.05, 0.1) is 11.6 Å². The average Bonchev–Trinajstić information content (AvgIpc) is 2.25. The maximum atomic E-state index is 10.1. The molecular formula is C12H9NO2. The van der Waals surface area contributed by atoms with Crippen molar-refractivity contribution in [2.45, 2.75) is 0 Å². The van der Waals surface area contributed by atoms with Gasteiger partial charge >= 0.3 is 5.97 Å². The van der Waals surface area contributed by atoms with Crippen LogP contribution in [-0.4, -0.2) is 11.1 Å². The zero-order valence-electron chi connectivity index (χ0n) is 7.92. The van der Waals surface area contributed by atoms with Crippen molar-refractivity contribution in [2.24, 2.45) is 0 Å². The van der Waals surface area contributed by atoms with Crippen LogP contribution in [0.3, 0.4) is 0 Å². The topological polar surface area (TPSA) is 61.1 Å². The first-order valence-electron chi connectivity index (χ1n) is 4.30. The third kappa shape index (κ3) is 3.92. The van der Waals surface area contributed by atoms with Crippen molar-refractivity contribution in [2.75, 3.05) is 0 Å². The van der Waals surface area contributed by atoms with Crippen molar-refractivity contribution in [1.29, 1.82) is 5.26 Å². The molecule has 0 saturated heterocycles. The Hall–Kier alpha value is -2.34. The van der Waals surface area contributed by atoms with Crippen LogP contribution in [0.15, 0.2) is 42.5 Å². The summed E-state index contributed by atoms with van der Waals surface area (Å²) in [7, 11) is 0. The zero-order chi connectivity index (χ0) is 11.1. The summed E-state index contributed by atoms with van der Waals surface area (Å²) >= 11 is 0. The van der Waals surface area contributed by atoms with E-state index in [-0.39, 0.29) is 0 Å². The van der Waals surface area contributed by atoms with Crippen LogP contribution in [0.2, 0.25) is 0 Å². The van der Waals surface area contributed by atoms with Gasteiger partial charge in [-0.1, -0.05) is 30.4 Å². The fourth-order valence-electron chi connectivity index (χ4n) is 0.973. The first-order chi connectivity index (χ1) is 7.22. The minimum atomic E-state index is -0.973. The number of allylic oxidation sites excluding steroid dienone is 2. The molecule has 0 saturated carbocycles. The van der Waals surface area contributed by atoms with E-state index in [1.807, 2.05) is 6.07 Å². The lowest BCUT2D eigenvalue weighted by molar-refractivity contribution is -0.131. The number of rotatable bonds is 3. The highest BCUT2D eigenvalue weighted by molar-refractivity contribution is 5.80. The molecule has 15 heavy (non-hydrogen) atoms. The first kappa shape index (κ1) is 10.7. The Labute approximate surface area is 87.6 Å². The van der Waals surface area contributed by atoms with E-state index >= 15 is 0 Å². The number of nitriles is 1. The van der Waals surface area contributed by atoms with Crippen LogP contribution in [-0.2, 0) is 4.79 Å². The third-order valence-electron chi connectivity index (χ3n) is 1.68. The van der Waals surface area contributed by atoms with Gasteiger partial charge in [-0.05, 0) is 17.7 Å². The second-order valence-electron chi connectivity index (χ2n) is 2.79. The van der Waals surface area contributed by atoms with Gasteiger partial charge in [-0.25, -0.2) is 4.79 Å². The molecule has 0 bridgehead atoms. The average molecular weight is 199 g/mol. The Balaban J connectivity index is 2.66. The van der Waals surface area contributed by atoms with Crippen molar-refractivity contribution in [3.8, 4) is 6.07 Å². The SMILES string of the molecule is N#Cc1ccc(/C=C/C=C/C(=O)O)cc1. The minimum absolute atomic E-state index is 0.605. The highest BCUT2D eigenvalue weighted by atomic mass is 16.4. The standard InChI is InChI=1S/C12H9NO2/c13-9-11-7-5-10(6-8-11)3-1-2-4-12(14)15/h1-8H,(H,14,15)/b3-1+,4-2+. The molecular weight excluding hydrogens is 190 g/mol. The van der Waals surface area contributed by atoms with Crippen LogP contribution in [0, 0.1) is 11.3 Å². The van der Waals surface area contributed by atoms with Gasteiger partial charge < -0.3 is 5.11 Å². The molecule has 0 heterocycles. The van der Waals surface area contributed by atoms with E-state index in [1.165, 1.54) is 6.08 Å². The molecule has 0 fully saturated rings. The molecule has 3 nitrogen and oxygen atoms in total. The summed E-state index contributed by atoms with van der Waals surface area (Å²) in [5.41, 5.74) is 1.53. The number of hydrogen-bond acceptors (Lipinski definition) is 2. The summed E-state index contributed by atoms with van der Waals surface area (Å²) in [4.78, 5) is 10.1. The van der Waals surface area contributed by atoms with Crippen molar-refractivity contribution < 1.29 is 9.90 Å². The minimum Gasteiger partial charge on any atom is -0.478 e. The fourth-order valence-corrected chi connectivity index (χ4v) is 0.973. The second kappa shape index (κ2) is 5.40. The number of nitrogens with zero attached hydrogens (tertiary/aromatic N) is 1. The summed E-state index contributed by atoms with van der Waals surface area (Å²) in [5, 5.41) is 16.9. The van der Waals surface area contributed by atoms with Crippen molar-refractivity contribution >= 4 is 12.0 Å². The number of carboxylic acids is 1. The van der Waals surface area contributed by atoms with E-state index in [2.05, 4.69) is 0 Å². The number of benzene rings is 1. The molecule has 1 aromatic rings. The Morgan fingerprint density at radius 1 is 1.27 bits per heavy atom. The van der Waals surface area contributed by atoms with Crippen LogP contribution in [0.25, 0.3) is 6.08 Å². The maximum Gasteiger partial charge on any atom is 0.328 e. The summed E-state index contributed by atoms with van der Waals surface area (Å²) in [6.45, 7) is 0. The van der Waals surface area contributed by atoms with Gasteiger partial charge in [-0.15, -0.1) is 0 Å². The van der Waals surface area contributed by atoms with Crippen LogP contribution in [0.5, 0.6) is 0 Å². The van der Waals surface area contributed by atoms with E-state index < -0.39 is 5.97 Å². The molecule has 0 aliphatic heterocycles. The van der Waals surface area contributed by atoms with Gasteiger partial charge in [-0.3, -0.25) is 0 Å². The van der Waals surface area contributed by atoms with Gasteiger partial charge in [-0.2, -0.15) is 5.26 Å². The van der Waals surface area contributed by atoms with E-state index in [0.29, 0.717) is 5.56 Å². The smallest absolute Gasteiger partial charge is 0.328 e. The summed E-state index contributed by atoms with van der Waals surface area (Å²) in [5.74, 6) is -0.973. The van der Waals surface area contributed by atoms with E-state index in [9.17, 15) is 4.79 Å². The largest absolute Gasteiger partial charge is 0.478 e. The monoisotopic (exact) mass is 199 g/mol. The van der Waals surface area contributed by atoms with E-state index in [4.69, 9.17) is 10.4 Å². The molecule has 0 amide bonds. The maximum absolute atomic E-state index is 10.1. The van der Waals surface area contributed by atoms with Gasteiger partial charge in [0.25, 0.3) is 0 Å². The summed E-state index contributed by atoms with van der Waals surface area (Å²) in [6, 6.07) is 9.03. The highest BCUT2D eigenvalue weighted by Crippen LogP contribution is 2.04. The molecule has 1 aromatic carbocycles. The molecule has 0 unspecified atom stereocenters. The molecule has 1 rings (SSSR count). The summed E-state index contributed by atoms with van der Waals surface area (Å²) < 4.78 is 0. The number of aliphatic carboxylic acids is 1. The van der Waals surface area contributed by atoms with Crippen molar-refractivity contribution in [3.63, 3.8) is 0 Å². The Morgan fingerprint density at radius 3 is 2.47 bits per heavy atom. The van der Waals surface area contributed by atoms with Crippen LogP contribution in [0.1, 0.15) is 11.1 Å². The molecule has 0 aromatic heterocycles. The summed E-state index contributed by atoms with van der Waals surface area (Å²) in [6.07, 6.45) is 5.90. The lowest BCUT2D eigenvalue weighted by Gasteiger charge is -1.91. The number of carboxylic acid groups (broad SMARTS) is 1. The molecule has 3 heteroatoms. The van der Waals surface area contributed by atoms with E-state index in [1.54, 1.807) is 36.4 Å². The first-order valence-corrected chi connectivity index (χ1v) is 4.30. The van der Waals surface area contributed by atoms with Gasteiger partial charge in [0.1, 0.15) is 0 Å². The Kier molecular flexibility index (Phi) is 3.87. The van der Waals surface area contributed by atoms with Crippen LogP contribution in [0.4, 0.5) is 0 Å². The van der Waals surface area contributed by atoms with Gasteiger partial charge in [0, 0.05) is 6.08 Å². The molecule has 1 N–H and O–H groups in total. The van der Waals surface area contributed by atoms with Crippen molar-refractivity contribution in [3.05, 3.63) is 53.6 Å². The lowest BCUT2D eigenvalue weighted by atomic mass is 10.1. The van der Waals surface area contributed by atoms with Gasteiger partial charge in [0.2, 0.25) is 0 Å². The van der Waals surface area contributed by atoms with Crippen molar-refractivity contribution in [1.82, 2.24) is 0 Å². The predicted octanol–water partition coefficient (Wildman–Crippen LogP) is 2.21. The molecule has 0 radical (unpaired) electrons. The number of hydrogen-bond donors (Lipinski definition) is 1. The Bertz CT molecular complexity index is 436. The zero-order valence-corrected chi connectivity index (χ0v) is 7.92. The quantitative estimate of drug-likeness (QED) is 0.599. The predicted molar refractivity (Wildman–Crippen MR) is 57.0 cm³/mol. The molecule has 0 aliphatic carbocycles. The molecule has 74 valence electrons. The van der Waals surface area contributed by atoms with Crippen LogP contribution >= 0.6 is 0 Å². The third-order valence-corrected chi connectivity index (χ3v) is 1.68. The normalized spacial score (nSPS) is 10.6. The molecule has 0 spiro atoms. The highest BCUT2D eigenvalue weighted by Gasteiger charge is 1.88. The van der Waals surface area contributed by atoms with E-state index in [0.717, 1.165) is 11.6 Å². The Morgan fingerprint density at radius 2 is 1.93 bits per heavy atom. The lowest BCUT2D eigenvalue weighted by Crippen LogP contribution is -1.84. The van der Waals surface area contributed by atoms with Gasteiger partial charge in [0.15, 0.2) is 0 Å². The number of carbonyl (C=O) groups is 1. The molecule has 0 aliphatic rings. The second-order valence-corrected chi connectivity index (χ2v) is 2.79. The molecule has 0 atom stereocenters.